The van der Waals surface area contributed by atoms with Crippen molar-refractivity contribution in [2.75, 3.05) is 18.2 Å². The maximum absolute atomic E-state index is 13.1. The highest BCUT2D eigenvalue weighted by molar-refractivity contribution is 7.99. The van der Waals surface area contributed by atoms with Crippen LogP contribution in [0.3, 0.4) is 0 Å². The van der Waals surface area contributed by atoms with Crippen LogP contribution in [0.2, 0.25) is 0 Å². The summed E-state index contributed by atoms with van der Waals surface area (Å²) in [5, 5.41) is 0. The maximum atomic E-state index is 13.1. The van der Waals surface area contributed by atoms with Crippen molar-refractivity contribution in [1.29, 1.82) is 0 Å². The molecule has 0 N–H and O–H groups in total. The third kappa shape index (κ3) is 3.16. The molecule has 5 heteroatoms. The fraction of sp³-hybridized carbons (Fsp3) is 0.300. The van der Waals surface area contributed by atoms with Crippen LogP contribution in [0.25, 0.3) is 0 Å². The first-order valence-electron chi connectivity index (χ1n) is 8.53. The lowest BCUT2D eigenvalue weighted by atomic mass is 9.99. The first-order valence-corrected chi connectivity index (χ1v) is 9.69. The monoisotopic (exact) mass is 352 g/mol. The molecular formula is C20H20N2O2S. The molecule has 2 aliphatic rings. The Morgan fingerprint density at radius 2 is 1.68 bits per heavy atom. The molecule has 128 valence electrons. The Hall–Kier alpha value is -2.27. The first-order chi connectivity index (χ1) is 12.2. The van der Waals surface area contributed by atoms with E-state index in [0.717, 1.165) is 13.0 Å². The third-order valence-corrected chi connectivity index (χ3v) is 5.90. The average molecular weight is 352 g/mol. The average Bonchev–Trinajstić information content (AvgIpc) is 3.17. The first kappa shape index (κ1) is 16.2. The lowest BCUT2D eigenvalue weighted by molar-refractivity contribution is -0.135. The highest BCUT2D eigenvalue weighted by atomic mass is 32.2. The zero-order valence-electron chi connectivity index (χ0n) is 13.9. The number of hydrogen-bond acceptors (Lipinski definition) is 3. The maximum Gasteiger partial charge on any atom is 0.255 e. The van der Waals surface area contributed by atoms with E-state index in [1.807, 2.05) is 47.4 Å². The second-order valence-corrected chi connectivity index (χ2v) is 7.43. The van der Waals surface area contributed by atoms with E-state index in [9.17, 15) is 9.59 Å². The molecule has 0 aromatic heterocycles. The van der Waals surface area contributed by atoms with Crippen molar-refractivity contribution >= 4 is 23.6 Å². The van der Waals surface area contributed by atoms with E-state index in [1.165, 1.54) is 11.1 Å². The molecule has 0 spiro atoms. The standard InChI is InChI=1S/C20H20N2O2S/c23-19(16-7-2-1-3-8-16)22-14-25-13-18(22)20(24)21-11-10-15-6-4-5-9-17(15)12-21/h1-9,18H,10-14H2/t18-/m0/s1. The topological polar surface area (TPSA) is 40.6 Å². The van der Waals surface area contributed by atoms with Gasteiger partial charge in [-0.15, -0.1) is 11.8 Å². The second kappa shape index (κ2) is 6.92. The van der Waals surface area contributed by atoms with Gasteiger partial charge in [0.25, 0.3) is 5.91 Å². The number of nitrogens with zero attached hydrogens (tertiary/aromatic N) is 2. The van der Waals surface area contributed by atoms with Gasteiger partial charge in [0.1, 0.15) is 6.04 Å². The van der Waals surface area contributed by atoms with Gasteiger partial charge in [0, 0.05) is 24.4 Å². The summed E-state index contributed by atoms with van der Waals surface area (Å²) in [6.45, 7) is 1.37. The fourth-order valence-electron chi connectivity index (χ4n) is 3.49. The predicted molar refractivity (Wildman–Crippen MR) is 99.3 cm³/mol. The van der Waals surface area contributed by atoms with Crippen LogP contribution in [-0.2, 0) is 17.8 Å². The van der Waals surface area contributed by atoms with Gasteiger partial charge < -0.3 is 9.80 Å². The van der Waals surface area contributed by atoms with E-state index < -0.39 is 0 Å². The molecule has 1 saturated heterocycles. The number of carbonyl (C=O) groups excluding carboxylic acids is 2. The molecule has 25 heavy (non-hydrogen) atoms. The summed E-state index contributed by atoms with van der Waals surface area (Å²) >= 11 is 1.65. The van der Waals surface area contributed by atoms with Crippen LogP contribution in [0.15, 0.2) is 54.6 Å². The molecule has 2 heterocycles. The van der Waals surface area contributed by atoms with Gasteiger partial charge in [-0.05, 0) is 29.7 Å². The fourth-order valence-corrected chi connectivity index (χ4v) is 4.63. The van der Waals surface area contributed by atoms with Crippen molar-refractivity contribution in [2.45, 2.75) is 19.0 Å². The predicted octanol–water partition coefficient (Wildman–Crippen LogP) is 2.79. The zero-order chi connectivity index (χ0) is 17.2. The highest BCUT2D eigenvalue weighted by Gasteiger charge is 2.38. The zero-order valence-corrected chi connectivity index (χ0v) is 14.7. The molecule has 1 atom stereocenters. The Morgan fingerprint density at radius 3 is 2.48 bits per heavy atom. The van der Waals surface area contributed by atoms with Crippen LogP contribution in [0.1, 0.15) is 21.5 Å². The van der Waals surface area contributed by atoms with E-state index in [0.29, 0.717) is 23.7 Å². The summed E-state index contributed by atoms with van der Waals surface area (Å²) in [5.74, 6) is 1.27. The summed E-state index contributed by atoms with van der Waals surface area (Å²) in [6.07, 6.45) is 0.883. The van der Waals surface area contributed by atoms with E-state index in [2.05, 4.69) is 12.1 Å². The lowest BCUT2D eigenvalue weighted by Gasteiger charge is -2.33. The van der Waals surface area contributed by atoms with Gasteiger partial charge in [-0.1, -0.05) is 42.5 Å². The van der Waals surface area contributed by atoms with Crippen molar-refractivity contribution in [3.63, 3.8) is 0 Å². The minimum absolute atomic E-state index is 0.0543. The van der Waals surface area contributed by atoms with Crippen LogP contribution >= 0.6 is 11.8 Å². The molecule has 1 fully saturated rings. The van der Waals surface area contributed by atoms with Crippen LogP contribution < -0.4 is 0 Å². The number of fused-ring (bicyclic) bond motifs is 1. The minimum Gasteiger partial charge on any atom is -0.336 e. The minimum atomic E-state index is -0.358. The summed E-state index contributed by atoms with van der Waals surface area (Å²) in [7, 11) is 0. The molecule has 2 aromatic carbocycles. The van der Waals surface area contributed by atoms with E-state index in [1.54, 1.807) is 16.7 Å². The van der Waals surface area contributed by atoms with Crippen molar-refractivity contribution in [3.05, 3.63) is 71.3 Å². The van der Waals surface area contributed by atoms with E-state index >= 15 is 0 Å². The van der Waals surface area contributed by atoms with Gasteiger partial charge in [-0.3, -0.25) is 9.59 Å². The number of hydrogen-bond donors (Lipinski definition) is 0. The van der Waals surface area contributed by atoms with E-state index in [-0.39, 0.29) is 17.9 Å². The van der Waals surface area contributed by atoms with Gasteiger partial charge in [-0.2, -0.15) is 0 Å². The Morgan fingerprint density at radius 1 is 0.960 bits per heavy atom. The summed E-state index contributed by atoms with van der Waals surface area (Å²) in [6, 6.07) is 17.1. The molecule has 2 aliphatic heterocycles. The normalized spacial score (nSPS) is 19.6. The van der Waals surface area contributed by atoms with Crippen LogP contribution in [0.4, 0.5) is 0 Å². The molecule has 0 unspecified atom stereocenters. The van der Waals surface area contributed by atoms with Gasteiger partial charge in [0.2, 0.25) is 5.91 Å². The van der Waals surface area contributed by atoms with E-state index in [4.69, 9.17) is 0 Å². The van der Waals surface area contributed by atoms with Crippen molar-refractivity contribution in [3.8, 4) is 0 Å². The number of amides is 2. The smallest absolute Gasteiger partial charge is 0.255 e. The largest absolute Gasteiger partial charge is 0.336 e. The van der Waals surface area contributed by atoms with Crippen molar-refractivity contribution in [2.24, 2.45) is 0 Å². The van der Waals surface area contributed by atoms with Crippen LogP contribution in [0.5, 0.6) is 0 Å². The molecule has 2 amide bonds. The molecule has 0 aliphatic carbocycles. The molecule has 2 aromatic rings. The van der Waals surface area contributed by atoms with Gasteiger partial charge in [-0.25, -0.2) is 0 Å². The molecule has 4 nitrogen and oxygen atoms in total. The quantitative estimate of drug-likeness (QED) is 0.834. The second-order valence-electron chi connectivity index (χ2n) is 6.44. The van der Waals surface area contributed by atoms with Crippen molar-refractivity contribution < 1.29 is 9.59 Å². The molecular weight excluding hydrogens is 332 g/mol. The number of rotatable bonds is 2. The Labute approximate surface area is 151 Å². The Kier molecular flexibility index (Phi) is 4.49. The summed E-state index contributed by atoms with van der Waals surface area (Å²) in [4.78, 5) is 29.5. The number of carbonyl (C=O) groups is 2. The summed E-state index contributed by atoms with van der Waals surface area (Å²) in [5.41, 5.74) is 3.19. The Bertz CT molecular complexity index is 793. The molecule has 0 saturated carbocycles. The summed E-state index contributed by atoms with van der Waals surface area (Å²) < 4.78 is 0. The Balaban J connectivity index is 1.51. The molecule has 4 rings (SSSR count). The molecule has 0 radical (unpaired) electrons. The van der Waals surface area contributed by atoms with Crippen molar-refractivity contribution in [1.82, 2.24) is 9.80 Å². The number of benzene rings is 2. The third-order valence-electron chi connectivity index (χ3n) is 4.89. The lowest BCUT2D eigenvalue weighted by Crippen LogP contribution is -2.50. The van der Waals surface area contributed by atoms with Crippen LogP contribution in [0, 0.1) is 0 Å². The SMILES string of the molecule is O=C([C@@H]1CSCN1C(=O)c1ccccc1)N1CCc2ccccc2C1. The molecule has 0 bridgehead atoms. The van der Waals surface area contributed by atoms with Gasteiger partial charge >= 0.3 is 0 Å². The van der Waals surface area contributed by atoms with Crippen LogP contribution in [-0.4, -0.2) is 45.8 Å². The number of thioether (sulfide) groups is 1. The van der Waals surface area contributed by atoms with Gasteiger partial charge in [0.15, 0.2) is 0 Å². The van der Waals surface area contributed by atoms with Gasteiger partial charge in [0.05, 0.1) is 5.88 Å². The highest BCUT2D eigenvalue weighted by Crippen LogP contribution is 2.27.